The zero-order valence-corrected chi connectivity index (χ0v) is 16.0. The second kappa shape index (κ2) is 7.56. The molecule has 2 amide bonds. The van der Waals surface area contributed by atoms with E-state index in [2.05, 4.69) is 15.3 Å². The Hall–Kier alpha value is -1.99. The molecule has 0 aromatic carbocycles. The number of nitrogens with zero attached hydrogens (tertiary/aromatic N) is 4. The molecule has 0 spiro atoms. The van der Waals surface area contributed by atoms with Gasteiger partial charge in [0.25, 0.3) is 0 Å². The Kier molecular flexibility index (Phi) is 5.14. The van der Waals surface area contributed by atoms with Crippen molar-refractivity contribution in [2.24, 2.45) is 0 Å². The summed E-state index contributed by atoms with van der Waals surface area (Å²) in [6.45, 7) is 3.87. The lowest BCUT2D eigenvalue weighted by Crippen LogP contribution is -2.53. The van der Waals surface area contributed by atoms with Crippen molar-refractivity contribution in [2.45, 2.75) is 51.4 Å². The molecule has 0 bridgehead atoms. The summed E-state index contributed by atoms with van der Waals surface area (Å²) in [4.78, 5) is 25.2. The van der Waals surface area contributed by atoms with Gasteiger partial charge in [-0.15, -0.1) is 0 Å². The van der Waals surface area contributed by atoms with E-state index in [1.807, 2.05) is 19.1 Å². The third-order valence-electron chi connectivity index (χ3n) is 5.42. The number of aromatic nitrogens is 2. The summed E-state index contributed by atoms with van der Waals surface area (Å²) in [5, 5.41) is 3.48. The molecule has 1 unspecified atom stereocenters. The van der Waals surface area contributed by atoms with Crippen molar-refractivity contribution in [1.82, 2.24) is 20.2 Å². The molecule has 1 aromatic heterocycles. The fourth-order valence-corrected chi connectivity index (χ4v) is 4.25. The van der Waals surface area contributed by atoms with Crippen molar-refractivity contribution in [3.63, 3.8) is 0 Å². The van der Waals surface area contributed by atoms with Crippen molar-refractivity contribution in [3.8, 4) is 0 Å². The van der Waals surface area contributed by atoms with Crippen molar-refractivity contribution in [2.75, 3.05) is 18.0 Å². The number of urea groups is 1. The summed E-state index contributed by atoms with van der Waals surface area (Å²) < 4.78 is 14.7. The van der Waals surface area contributed by atoms with Gasteiger partial charge in [-0.2, -0.15) is 4.98 Å². The predicted octanol–water partition coefficient (Wildman–Crippen LogP) is 3.59. The lowest BCUT2D eigenvalue weighted by atomic mass is 9.99. The molecular weight excluding hydrogens is 369 g/mol. The average Bonchev–Trinajstić information content (AvgIpc) is 2.91. The van der Waals surface area contributed by atoms with Crippen LogP contribution in [0.25, 0.3) is 0 Å². The molecule has 2 atom stereocenters. The van der Waals surface area contributed by atoms with E-state index >= 15 is 0 Å². The van der Waals surface area contributed by atoms with Crippen molar-refractivity contribution >= 4 is 23.4 Å². The van der Waals surface area contributed by atoms with Crippen molar-refractivity contribution in [3.05, 3.63) is 40.5 Å². The van der Waals surface area contributed by atoms with Gasteiger partial charge in [0.2, 0.25) is 5.28 Å². The molecule has 2 aliphatic heterocycles. The van der Waals surface area contributed by atoms with Crippen LogP contribution in [-0.2, 0) is 6.54 Å². The summed E-state index contributed by atoms with van der Waals surface area (Å²) in [5.41, 5.74) is 2.01. The van der Waals surface area contributed by atoms with Gasteiger partial charge in [0.05, 0.1) is 12.2 Å². The van der Waals surface area contributed by atoms with Gasteiger partial charge in [-0.3, -0.25) is 9.80 Å². The van der Waals surface area contributed by atoms with Crippen LogP contribution in [0.5, 0.6) is 0 Å². The summed E-state index contributed by atoms with van der Waals surface area (Å²) in [7, 11) is 0. The van der Waals surface area contributed by atoms with Crippen LogP contribution in [-0.4, -0.2) is 46.2 Å². The highest BCUT2D eigenvalue weighted by Gasteiger charge is 2.40. The molecule has 1 aromatic rings. The molecular formula is C19H23ClFN5O. The first-order chi connectivity index (χ1) is 13.1. The largest absolute Gasteiger partial charge is 0.330 e. The number of nitrogens with one attached hydrogen (secondary N) is 1. The van der Waals surface area contributed by atoms with Crippen LogP contribution in [0, 0.1) is 0 Å². The Labute approximate surface area is 163 Å². The summed E-state index contributed by atoms with van der Waals surface area (Å²) in [6.07, 6.45) is 7.09. The molecule has 6 nitrogen and oxygen atoms in total. The third-order valence-corrected chi connectivity index (χ3v) is 5.60. The van der Waals surface area contributed by atoms with Gasteiger partial charge in [-0.1, -0.05) is 12.2 Å². The quantitative estimate of drug-likeness (QED) is 0.783. The molecule has 144 valence electrons. The second-order valence-electron chi connectivity index (χ2n) is 7.24. The van der Waals surface area contributed by atoms with E-state index in [-0.39, 0.29) is 30.3 Å². The Morgan fingerprint density at radius 1 is 1.33 bits per heavy atom. The van der Waals surface area contributed by atoms with E-state index in [0.29, 0.717) is 11.5 Å². The number of allylic oxidation sites excluding steroid dienone is 4. The van der Waals surface area contributed by atoms with Crippen molar-refractivity contribution in [1.29, 1.82) is 0 Å². The first-order valence-electron chi connectivity index (χ1n) is 9.40. The topological polar surface area (TPSA) is 61.4 Å². The van der Waals surface area contributed by atoms with Gasteiger partial charge in [0.15, 0.2) is 0 Å². The van der Waals surface area contributed by atoms with E-state index in [1.165, 1.54) is 0 Å². The average molecular weight is 392 g/mol. The summed E-state index contributed by atoms with van der Waals surface area (Å²) in [6, 6.07) is -0.227. The molecule has 0 radical (unpaired) electrons. The lowest BCUT2D eigenvalue weighted by molar-refractivity contribution is 0.194. The van der Waals surface area contributed by atoms with Crippen LogP contribution < -0.4 is 10.2 Å². The Balaban J connectivity index is 1.78. The maximum atomic E-state index is 14.7. The summed E-state index contributed by atoms with van der Waals surface area (Å²) >= 11 is 6.03. The first-order valence-corrected chi connectivity index (χ1v) is 9.78. The molecule has 3 aliphatic rings. The highest BCUT2D eigenvalue weighted by Crippen LogP contribution is 2.36. The normalized spacial score (nSPS) is 26.3. The molecule has 27 heavy (non-hydrogen) atoms. The van der Waals surface area contributed by atoms with Crippen LogP contribution in [0.4, 0.5) is 15.0 Å². The second-order valence-corrected chi connectivity index (χ2v) is 7.57. The van der Waals surface area contributed by atoms with E-state index < -0.39 is 6.17 Å². The Morgan fingerprint density at radius 2 is 2.19 bits per heavy atom. The fourth-order valence-electron chi connectivity index (χ4n) is 4.12. The molecule has 0 saturated carbocycles. The van der Waals surface area contributed by atoms with E-state index in [4.69, 9.17) is 11.6 Å². The predicted molar refractivity (Wildman–Crippen MR) is 102 cm³/mol. The van der Waals surface area contributed by atoms with Crippen LogP contribution in [0.3, 0.4) is 0 Å². The molecule has 1 N–H and O–H groups in total. The minimum absolute atomic E-state index is 0.00174. The maximum Gasteiger partial charge on any atom is 0.330 e. The number of carbonyl (C=O) groups is 1. The molecule has 4 rings (SSSR count). The van der Waals surface area contributed by atoms with Gasteiger partial charge in [0, 0.05) is 24.2 Å². The molecule has 1 fully saturated rings. The number of carbonyl (C=O) groups excluding carboxylic acids is 1. The minimum Gasteiger partial charge on any atom is -0.317 e. The van der Waals surface area contributed by atoms with Gasteiger partial charge in [-0.05, 0) is 56.4 Å². The van der Waals surface area contributed by atoms with Gasteiger partial charge >= 0.3 is 6.03 Å². The van der Waals surface area contributed by atoms with E-state index in [1.54, 1.807) is 16.0 Å². The number of rotatable bonds is 2. The lowest BCUT2D eigenvalue weighted by Gasteiger charge is -2.42. The minimum atomic E-state index is -1.19. The zero-order chi connectivity index (χ0) is 19.0. The highest BCUT2D eigenvalue weighted by molar-refractivity contribution is 6.28. The smallest absolute Gasteiger partial charge is 0.317 e. The maximum absolute atomic E-state index is 14.7. The van der Waals surface area contributed by atoms with Gasteiger partial charge < -0.3 is 5.32 Å². The van der Waals surface area contributed by atoms with Crippen LogP contribution in [0.2, 0.25) is 5.28 Å². The molecule has 3 heterocycles. The molecule has 1 aliphatic carbocycles. The molecule has 8 heteroatoms. The number of anilines is 1. The molecule has 1 saturated heterocycles. The van der Waals surface area contributed by atoms with E-state index in [0.717, 1.165) is 43.5 Å². The number of alkyl halides is 1. The number of halogens is 2. The van der Waals surface area contributed by atoms with Crippen molar-refractivity contribution < 1.29 is 9.18 Å². The van der Waals surface area contributed by atoms with Crippen LogP contribution in [0.1, 0.15) is 38.2 Å². The van der Waals surface area contributed by atoms with Gasteiger partial charge in [-0.25, -0.2) is 14.2 Å². The fraction of sp³-hybridized carbons (Fsp3) is 0.526. The zero-order valence-electron chi connectivity index (χ0n) is 15.3. The third kappa shape index (κ3) is 3.46. The standard InChI is InChI=1S/C19H23ClFN5O/c1-12-4-2-6-15(21)16(12)25-11-13-10-23-18(20)24-17(13)26(19(25)27)14-5-3-8-22-9-7-14/h2,4,10,14-15,22H,3,5-9,11H2,1H3/t14-,15?/m1/s1. The Bertz CT molecular complexity index is 803. The number of hydrogen-bond acceptors (Lipinski definition) is 4. The summed E-state index contributed by atoms with van der Waals surface area (Å²) in [5.74, 6) is 0.558. The Morgan fingerprint density at radius 3 is 3.00 bits per heavy atom. The number of amides is 2. The van der Waals surface area contributed by atoms with Gasteiger partial charge in [0.1, 0.15) is 12.0 Å². The number of hydrogen-bond donors (Lipinski definition) is 1. The van der Waals surface area contributed by atoms with Crippen LogP contribution >= 0.6 is 11.6 Å². The number of fused-ring (bicyclic) bond motifs is 1. The monoisotopic (exact) mass is 391 g/mol. The van der Waals surface area contributed by atoms with E-state index in [9.17, 15) is 9.18 Å². The first kappa shape index (κ1) is 18.4. The SMILES string of the molecule is CC1=C(N2Cc3cnc(Cl)nc3N([C@@H]3CCCNCC3)C2=O)C(F)CC=C1. The highest BCUT2D eigenvalue weighted by atomic mass is 35.5. The van der Waals surface area contributed by atoms with Crippen LogP contribution in [0.15, 0.2) is 29.6 Å².